The number of hydrogen-bond acceptors (Lipinski definition) is 4. The summed E-state index contributed by atoms with van der Waals surface area (Å²) >= 11 is 1.69. The quantitative estimate of drug-likeness (QED) is 0.892. The standard InChI is InChI=1S/C16H20N2O2S/c1-11-15(21-12(2)18-11)8-9-17-16(19)10-13-6-4-5-7-14(13)20-3/h4-7H,8-10H2,1-3H3,(H,17,19). The minimum atomic E-state index is 0.0124. The van der Waals surface area contributed by atoms with Crippen molar-refractivity contribution in [3.8, 4) is 5.75 Å². The molecular formula is C16H20N2O2S. The molecule has 1 aromatic carbocycles. The van der Waals surface area contributed by atoms with Gasteiger partial charge in [0.25, 0.3) is 0 Å². The van der Waals surface area contributed by atoms with E-state index in [0.717, 1.165) is 28.4 Å². The SMILES string of the molecule is COc1ccccc1CC(=O)NCCc1sc(C)nc1C. The minimum Gasteiger partial charge on any atom is -0.496 e. The Morgan fingerprint density at radius 3 is 2.76 bits per heavy atom. The van der Waals surface area contributed by atoms with Crippen LogP contribution in [0, 0.1) is 13.8 Å². The fourth-order valence-corrected chi connectivity index (χ4v) is 3.14. The predicted octanol–water partition coefficient (Wildman–Crippen LogP) is 2.67. The van der Waals surface area contributed by atoms with Gasteiger partial charge in [0, 0.05) is 23.4 Å². The zero-order valence-corrected chi connectivity index (χ0v) is 13.4. The third-order valence-electron chi connectivity index (χ3n) is 3.22. The molecule has 2 aromatic rings. The molecule has 0 aliphatic carbocycles. The van der Waals surface area contributed by atoms with Gasteiger partial charge in [0.2, 0.25) is 5.91 Å². The van der Waals surface area contributed by atoms with Gasteiger partial charge in [-0.15, -0.1) is 11.3 Å². The lowest BCUT2D eigenvalue weighted by molar-refractivity contribution is -0.120. The molecule has 0 aliphatic heterocycles. The van der Waals surface area contributed by atoms with Gasteiger partial charge in [-0.1, -0.05) is 18.2 Å². The Hall–Kier alpha value is -1.88. The smallest absolute Gasteiger partial charge is 0.224 e. The van der Waals surface area contributed by atoms with E-state index >= 15 is 0 Å². The van der Waals surface area contributed by atoms with Gasteiger partial charge in [0.15, 0.2) is 0 Å². The summed E-state index contributed by atoms with van der Waals surface area (Å²) in [5.74, 6) is 0.764. The number of nitrogens with zero attached hydrogens (tertiary/aromatic N) is 1. The van der Waals surface area contributed by atoms with E-state index in [-0.39, 0.29) is 5.91 Å². The number of methoxy groups -OCH3 is 1. The number of ether oxygens (including phenoxy) is 1. The molecule has 0 saturated heterocycles. The zero-order valence-electron chi connectivity index (χ0n) is 12.6. The largest absolute Gasteiger partial charge is 0.496 e. The van der Waals surface area contributed by atoms with Crippen molar-refractivity contribution in [3.63, 3.8) is 0 Å². The number of amides is 1. The molecule has 0 unspecified atom stereocenters. The highest BCUT2D eigenvalue weighted by Crippen LogP contribution is 2.18. The number of aryl methyl sites for hydroxylation is 2. The number of benzene rings is 1. The number of aromatic nitrogens is 1. The fourth-order valence-electron chi connectivity index (χ4n) is 2.21. The van der Waals surface area contributed by atoms with Crippen LogP contribution >= 0.6 is 11.3 Å². The van der Waals surface area contributed by atoms with E-state index < -0.39 is 0 Å². The van der Waals surface area contributed by atoms with Crippen LogP contribution in [0.1, 0.15) is 21.1 Å². The molecule has 2 rings (SSSR count). The first-order chi connectivity index (χ1) is 10.1. The third kappa shape index (κ3) is 4.29. The van der Waals surface area contributed by atoms with Crippen LogP contribution in [-0.4, -0.2) is 24.5 Å². The molecule has 0 saturated carbocycles. The fraction of sp³-hybridized carbons (Fsp3) is 0.375. The molecule has 112 valence electrons. The van der Waals surface area contributed by atoms with Crippen molar-refractivity contribution < 1.29 is 9.53 Å². The van der Waals surface area contributed by atoms with Crippen molar-refractivity contribution in [3.05, 3.63) is 45.4 Å². The van der Waals surface area contributed by atoms with Crippen molar-refractivity contribution in [2.75, 3.05) is 13.7 Å². The summed E-state index contributed by atoms with van der Waals surface area (Å²) < 4.78 is 5.25. The molecule has 1 N–H and O–H groups in total. The highest BCUT2D eigenvalue weighted by atomic mass is 32.1. The van der Waals surface area contributed by atoms with Gasteiger partial charge in [-0.05, 0) is 19.9 Å². The lowest BCUT2D eigenvalue weighted by Crippen LogP contribution is -2.27. The minimum absolute atomic E-state index is 0.0124. The average Bonchev–Trinajstić information content (AvgIpc) is 2.77. The van der Waals surface area contributed by atoms with Gasteiger partial charge in [-0.2, -0.15) is 0 Å². The van der Waals surface area contributed by atoms with Crippen molar-refractivity contribution in [1.29, 1.82) is 0 Å². The van der Waals surface area contributed by atoms with Crippen molar-refractivity contribution >= 4 is 17.2 Å². The lowest BCUT2D eigenvalue weighted by Gasteiger charge is -2.08. The van der Waals surface area contributed by atoms with E-state index in [4.69, 9.17) is 4.74 Å². The Kier molecular flexibility index (Phi) is 5.33. The first-order valence-corrected chi connectivity index (χ1v) is 7.73. The summed E-state index contributed by atoms with van der Waals surface area (Å²) in [5, 5.41) is 4.02. The second-order valence-electron chi connectivity index (χ2n) is 4.83. The molecule has 0 aliphatic rings. The second-order valence-corrected chi connectivity index (χ2v) is 6.12. The van der Waals surface area contributed by atoms with E-state index in [1.807, 2.05) is 38.1 Å². The summed E-state index contributed by atoms with van der Waals surface area (Å²) in [7, 11) is 1.62. The third-order valence-corrected chi connectivity index (χ3v) is 4.35. The predicted molar refractivity (Wildman–Crippen MR) is 85.0 cm³/mol. The molecule has 1 heterocycles. The number of hydrogen-bond donors (Lipinski definition) is 1. The van der Waals surface area contributed by atoms with Gasteiger partial charge >= 0.3 is 0 Å². The van der Waals surface area contributed by atoms with Crippen LogP contribution in [0.25, 0.3) is 0 Å². The molecule has 1 aromatic heterocycles. The van der Waals surface area contributed by atoms with Gasteiger partial charge in [0.1, 0.15) is 5.75 Å². The number of nitrogens with one attached hydrogen (secondary N) is 1. The van der Waals surface area contributed by atoms with Crippen LogP contribution in [0.4, 0.5) is 0 Å². The van der Waals surface area contributed by atoms with E-state index in [9.17, 15) is 4.79 Å². The van der Waals surface area contributed by atoms with E-state index in [2.05, 4.69) is 10.3 Å². The van der Waals surface area contributed by atoms with Crippen molar-refractivity contribution in [2.45, 2.75) is 26.7 Å². The number of carbonyl (C=O) groups excluding carboxylic acids is 1. The molecule has 1 amide bonds. The Morgan fingerprint density at radius 2 is 2.10 bits per heavy atom. The van der Waals surface area contributed by atoms with Crippen molar-refractivity contribution in [1.82, 2.24) is 10.3 Å². The van der Waals surface area contributed by atoms with Gasteiger partial charge in [-0.3, -0.25) is 4.79 Å². The molecule has 0 bridgehead atoms. The summed E-state index contributed by atoms with van der Waals surface area (Å²) in [6, 6.07) is 7.59. The van der Waals surface area contributed by atoms with E-state index in [1.165, 1.54) is 4.88 Å². The Morgan fingerprint density at radius 1 is 1.33 bits per heavy atom. The molecule has 4 nitrogen and oxygen atoms in total. The molecule has 0 spiro atoms. The highest BCUT2D eigenvalue weighted by Gasteiger charge is 2.09. The molecule has 0 radical (unpaired) electrons. The summed E-state index contributed by atoms with van der Waals surface area (Å²) in [6.07, 6.45) is 1.17. The summed E-state index contributed by atoms with van der Waals surface area (Å²) in [4.78, 5) is 17.6. The highest BCUT2D eigenvalue weighted by molar-refractivity contribution is 7.11. The first-order valence-electron chi connectivity index (χ1n) is 6.91. The Balaban J connectivity index is 1.84. The monoisotopic (exact) mass is 304 g/mol. The lowest BCUT2D eigenvalue weighted by atomic mass is 10.1. The molecule has 0 atom stereocenters. The van der Waals surface area contributed by atoms with Crippen LogP contribution in [-0.2, 0) is 17.6 Å². The Labute approximate surface area is 129 Å². The molecule has 0 fully saturated rings. The second kappa shape index (κ2) is 7.22. The zero-order chi connectivity index (χ0) is 15.2. The number of para-hydroxylation sites is 1. The van der Waals surface area contributed by atoms with E-state index in [1.54, 1.807) is 18.4 Å². The Bertz CT molecular complexity index is 622. The first kappa shape index (κ1) is 15.5. The van der Waals surface area contributed by atoms with Crippen LogP contribution < -0.4 is 10.1 Å². The number of rotatable bonds is 6. The van der Waals surface area contributed by atoms with Gasteiger partial charge < -0.3 is 10.1 Å². The molecule has 21 heavy (non-hydrogen) atoms. The van der Waals surface area contributed by atoms with E-state index in [0.29, 0.717) is 13.0 Å². The maximum atomic E-state index is 12.0. The summed E-state index contributed by atoms with van der Waals surface area (Å²) in [6.45, 7) is 4.65. The van der Waals surface area contributed by atoms with Crippen LogP contribution in [0.15, 0.2) is 24.3 Å². The number of carbonyl (C=O) groups is 1. The van der Waals surface area contributed by atoms with Gasteiger partial charge in [0.05, 0.1) is 24.2 Å². The van der Waals surface area contributed by atoms with Gasteiger partial charge in [-0.25, -0.2) is 4.98 Å². The summed E-state index contributed by atoms with van der Waals surface area (Å²) in [5.41, 5.74) is 1.97. The average molecular weight is 304 g/mol. The topological polar surface area (TPSA) is 51.2 Å². The maximum absolute atomic E-state index is 12.0. The van der Waals surface area contributed by atoms with Crippen LogP contribution in [0.3, 0.4) is 0 Å². The molecular weight excluding hydrogens is 284 g/mol. The number of thiazole rings is 1. The van der Waals surface area contributed by atoms with Crippen molar-refractivity contribution in [2.24, 2.45) is 0 Å². The van der Waals surface area contributed by atoms with Crippen LogP contribution in [0.5, 0.6) is 5.75 Å². The van der Waals surface area contributed by atoms with Crippen LogP contribution in [0.2, 0.25) is 0 Å². The maximum Gasteiger partial charge on any atom is 0.224 e. The molecule has 5 heteroatoms. The normalized spacial score (nSPS) is 10.4.